The third-order valence-corrected chi connectivity index (χ3v) is 9.10. The number of hydrogen-bond acceptors (Lipinski definition) is 4. The molecule has 6 heteroatoms. The van der Waals surface area contributed by atoms with Gasteiger partial charge in [-0.15, -0.1) is 0 Å². The van der Waals surface area contributed by atoms with Crippen LogP contribution in [0.2, 0.25) is 0 Å². The smallest absolute Gasteiger partial charge is 0.416 e. The van der Waals surface area contributed by atoms with Gasteiger partial charge in [0.25, 0.3) is 0 Å². The molecule has 1 aliphatic rings. The number of amides is 2. The van der Waals surface area contributed by atoms with Gasteiger partial charge in [0.2, 0.25) is 5.91 Å². The van der Waals surface area contributed by atoms with Gasteiger partial charge in [0.1, 0.15) is 6.61 Å². The predicted octanol–water partition coefficient (Wildman–Crippen LogP) is 4.71. The van der Waals surface area contributed by atoms with Crippen molar-refractivity contribution in [2.75, 3.05) is 13.2 Å². The molecule has 1 heterocycles. The topological polar surface area (TPSA) is 63.7 Å². The molecule has 0 radical (unpaired) electrons. The number of benzene rings is 2. The maximum absolute atomic E-state index is 14.7. The van der Waals surface area contributed by atoms with Gasteiger partial charge in [0.05, 0.1) is 12.2 Å². The Hall–Kier alpha value is -2.39. The minimum absolute atomic E-state index is 0.189. The van der Waals surface area contributed by atoms with Crippen LogP contribution in [0.3, 0.4) is 0 Å². The highest BCUT2D eigenvalue weighted by atomic mass is 31.2. The molecule has 0 N–H and O–H groups in total. The summed E-state index contributed by atoms with van der Waals surface area (Å²) in [5.41, 5.74) is -0.783. The van der Waals surface area contributed by atoms with Crippen LogP contribution in [-0.2, 0) is 14.1 Å². The largest absolute Gasteiger partial charge is 0.447 e. The fraction of sp³-hybridized carbons (Fsp3) is 0.417. The van der Waals surface area contributed by atoms with Crippen molar-refractivity contribution in [3.8, 4) is 0 Å². The van der Waals surface area contributed by atoms with Crippen molar-refractivity contribution >= 4 is 29.8 Å². The van der Waals surface area contributed by atoms with Crippen molar-refractivity contribution in [1.82, 2.24) is 4.90 Å². The number of carbonyl (C=O) groups is 2. The summed E-state index contributed by atoms with van der Waals surface area (Å²) >= 11 is 0. The maximum Gasteiger partial charge on any atom is 0.416 e. The lowest BCUT2D eigenvalue weighted by molar-refractivity contribution is -0.127. The number of nitrogens with zero attached hydrogens (tertiary/aromatic N) is 1. The SMILES string of the molecule is CCCCCCCC(C(=O)N1CCOC1=O)P(=O)(c1ccccc1)c1ccccc1. The van der Waals surface area contributed by atoms with E-state index in [1.165, 1.54) is 0 Å². The molecular weight excluding hydrogens is 397 g/mol. The van der Waals surface area contributed by atoms with E-state index in [0.29, 0.717) is 17.0 Å². The first kappa shape index (κ1) is 22.3. The fourth-order valence-corrected chi connectivity index (χ4v) is 7.23. The Bertz CT molecular complexity index is 841. The lowest BCUT2D eigenvalue weighted by Crippen LogP contribution is -2.43. The quantitative estimate of drug-likeness (QED) is 0.407. The maximum atomic E-state index is 14.7. The fourth-order valence-electron chi connectivity index (χ4n) is 3.98. The first-order valence-electron chi connectivity index (χ1n) is 10.8. The van der Waals surface area contributed by atoms with Crippen LogP contribution in [0.4, 0.5) is 4.79 Å². The Kier molecular flexibility index (Phi) is 7.87. The zero-order chi connectivity index (χ0) is 21.4. The molecule has 1 saturated heterocycles. The lowest BCUT2D eigenvalue weighted by Gasteiger charge is -2.29. The number of imide groups is 1. The normalized spacial score (nSPS) is 15.1. The standard InChI is InChI=1S/C24H30NO4P/c1-2-3-4-5-12-17-22(23(26)25-18-19-29-24(25)27)30(28,20-13-8-6-9-14-20)21-15-10-7-11-16-21/h6-11,13-16,22H,2-5,12,17-19H2,1H3. The summed E-state index contributed by atoms with van der Waals surface area (Å²) in [7, 11) is -3.32. The molecule has 0 aliphatic carbocycles. The molecule has 5 nitrogen and oxygen atoms in total. The Morgan fingerprint density at radius 3 is 2.03 bits per heavy atom. The number of rotatable bonds is 10. The summed E-state index contributed by atoms with van der Waals surface area (Å²) in [6, 6.07) is 18.4. The van der Waals surface area contributed by atoms with Crippen LogP contribution in [0.15, 0.2) is 60.7 Å². The molecule has 0 spiro atoms. The second kappa shape index (κ2) is 10.6. The van der Waals surface area contributed by atoms with Crippen LogP contribution < -0.4 is 10.6 Å². The molecule has 1 unspecified atom stereocenters. The zero-order valence-corrected chi connectivity index (χ0v) is 18.4. The molecular formula is C24H30NO4P. The molecule has 1 aliphatic heterocycles. The molecule has 1 fully saturated rings. The molecule has 30 heavy (non-hydrogen) atoms. The number of unbranched alkanes of at least 4 members (excludes halogenated alkanes) is 4. The van der Waals surface area contributed by atoms with Gasteiger partial charge in [-0.2, -0.15) is 0 Å². The molecule has 2 amide bonds. The van der Waals surface area contributed by atoms with Crippen LogP contribution >= 0.6 is 7.14 Å². The molecule has 0 bridgehead atoms. The van der Waals surface area contributed by atoms with E-state index >= 15 is 0 Å². The Morgan fingerprint density at radius 1 is 0.967 bits per heavy atom. The Morgan fingerprint density at radius 2 is 1.53 bits per heavy atom. The van der Waals surface area contributed by atoms with Gasteiger partial charge in [-0.25, -0.2) is 9.69 Å². The van der Waals surface area contributed by atoms with E-state index in [-0.39, 0.29) is 19.1 Å². The van der Waals surface area contributed by atoms with Crippen molar-refractivity contribution < 1.29 is 18.9 Å². The minimum atomic E-state index is -3.32. The number of ether oxygens (including phenoxy) is 1. The van der Waals surface area contributed by atoms with Gasteiger partial charge in [-0.1, -0.05) is 99.7 Å². The van der Waals surface area contributed by atoms with E-state index in [4.69, 9.17) is 4.74 Å². The van der Waals surface area contributed by atoms with Crippen LogP contribution in [0.25, 0.3) is 0 Å². The zero-order valence-electron chi connectivity index (χ0n) is 17.5. The highest BCUT2D eigenvalue weighted by Crippen LogP contribution is 2.51. The summed E-state index contributed by atoms with van der Waals surface area (Å²) < 4.78 is 19.7. The van der Waals surface area contributed by atoms with Gasteiger partial charge in [0, 0.05) is 10.6 Å². The van der Waals surface area contributed by atoms with Crippen LogP contribution in [0.1, 0.15) is 45.4 Å². The third-order valence-electron chi connectivity index (χ3n) is 5.61. The third kappa shape index (κ3) is 4.84. The van der Waals surface area contributed by atoms with E-state index in [9.17, 15) is 14.2 Å². The first-order valence-corrected chi connectivity index (χ1v) is 12.6. The van der Waals surface area contributed by atoms with Crippen LogP contribution in [-0.4, -0.2) is 35.7 Å². The average Bonchev–Trinajstić information content (AvgIpc) is 3.22. The summed E-state index contributed by atoms with van der Waals surface area (Å²) in [5, 5.41) is 1.30. The lowest BCUT2D eigenvalue weighted by atomic mass is 10.1. The molecule has 0 saturated carbocycles. The monoisotopic (exact) mass is 427 g/mol. The summed E-state index contributed by atoms with van der Waals surface area (Å²) in [4.78, 5) is 26.8. The van der Waals surface area contributed by atoms with E-state index in [1.54, 1.807) is 0 Å². The van der Waals surface area contributed by atoms with Crippen LogP contribution in [0.5, 0.6) is 0 Å². The van der Waals surface area contributed by atoms with Gasteiger partial charge < -0.3 is 9.30 Å². The molecule has 2 aromatic carbocycles. The highest BCUT2D eigenvalue weighted by Gasteiger charge is 2.45. The second-order valence-corrected chi connectivity index (χ2v) is 10.6. The van der Waals surface area contributed by atoms with Crippen molar-refractivity contribution in [3.05, 3.63) is 60.7 Å². The highest BCUT2D eigenvalue weighted by molar-refractivity contribution is 7.80. The first-order chi connectivity index (χ1) is 14.6. The van der Waals surface area contributed by atoms with Crippen LogP contribution in [0, 0.1) is 0 Å². The summed E-state index contributed by atoms with van der Waals surface area (Å²) in [5.74, 6) is -0.385. The summed E-state index contributed by atoms with van der Waals surface area (Å²) in [6.45, 7) is 2.56. The van der Waals surface area contributed by atoms with Gasteiger partial charge in [0.15, 0.2) is 7.14 Å². The number of cyclic esters (lactones) is 1. The Labute approximate surface area is 178 Å². The van der Waals surface area contributed by atoms with Crippen molar-refractivity contribution in [2.24, 2.45) is 0 Å². The van der Waals surface area contributed by atoms with Gasteiger partial charge in [-0.3, -0.25) is 4.79 Å². The Balaban J connectivity index is 2.01. The number of hydrogen-bond donors (Lipinski definition) is 0. The van der Waals surface area contributed by atoms with E-state index < -0.39 is 18.9 Å². The molecule has 0 aromatic heterocycles. The van der Waals surface area contributed by atoms with Gasteiger partial charge in [-0.05, 0) is 6.42 Å². The van der Waals surface area contributed by atoms with E-state index in [1.807, 2.05) is 60.7 Å². The number of carbonyl (C=O) groups excluding carboxylic acids is 2. The molecule has 2 aromatic rings. The van der Waals surface area contributed by atoms with Crippen molar-refractivity contribution in [2.45, 2.75) is 51.1 Å². The van der Waals surface area contributed by atoms with Crippen molar-refractivity contribution in [1.29, 1.82) is 0 Å². The summed E-state index contributed by atoms with van der Waals surface area (Å²) in [6.07, 6.45) is 4.98. The predicted molar refractivity (Wildman–Crippen MR) is 120 cm³/mol. The van der Waals surface area contributed by atoms with E-state index in [0.717, 1.165) is 37.0 Å². The molecule has 3 rings (SSSR count). The van der Waals surface area contributed by atoms with Crippen molar-refractivity contribution in [3.63, 3.8) is 0 Å². The molecule has 160 valence electrons. The van der Waals surface area contributed by atoms with Gasteiger partial charge >= 0.3 is 6.09 Å². The molecule has 1 atom stereocenters. The van der Waals surface area contributed by atoms with E-state index in [2.05, 4.69) is 6.92 Å². The minimum Gasteiger partial charge on any atom is -0.447 e. The second-order valence-electron chi connectivity index (χ2n) is 7.65. The average molecular weight is 427 g/mol.